The average molecular weight is 185 g/mol. The molecule has 2 fully saturated rings. The molecule has 1 heterocycles. The molecule has 12 heavy (non-hydrogen) atoms. The Bertz CT molecular complexity index is 160. The maximum atomic E-state index is 3.76. The highest BCUT2D eigenvalue weighted by atomic mass is 32.2. The lowest BCUT2D eigenvalue weighted by Gasteiger charge is -2.10. The molecule has 0 spiro atoms. The monoisotopic (exact) mass is 185 g/mol. The van der Waals surface area contributed by atoms with Crippen LogP contribution in [0.5, 0.6) is 0 Å². The third-order valence-corrected chi connectivity index (χ3v) is 4.45. The molecular formula is C10H19NS. The quantitative estimate of drug-likeness (QED) is 0.724. The summed E-state index contributed by atoms with van der Waals surface area (Å²) in [5.41, 5.74) is 0. The van der Waals surface area contributed by atoms with Crippen molar-refractivity contribution in [3.8, 4) is 0 Å². The number of hydrogen-bond acceptors (Lipinski definition) is 2. The molecule has 1 saturated carbocycles. The van der Waals surface area contributed by atoms with Gasteiger partial charge in [0.25, 0.3) is 0 Å². The fourth-order valence-electron chi connectivity index (χ4n) is 2.14. The van der Waals surface area contributed by atoms with E-state index in [2.05, 4.69) is 30.9 Å². The molecule has 0 bridgehead atoms. The van der Waals surface area contributed by atoms with Crippen molar-refractivity contribution in [3.63, 3.8) is 0 Å². The van der Waals surface area contributed by atoms with Crippen molar-refractivity contribution in [2.24, 2.45) is 5.92 Å². The smallest absolute Gasteiger partial charge is 0.0171 e. The average Bonchev–Trinajstić information content (AvgIpc) is 2.67. The van der Waals surface area contributed by atoms with E-state index < -0.39 is 0 Å². The Labute approximate surface area is 79.7 Å². The third kappa shape index (κ3) is 1.97. The molecule has 1 N–H and O–H groups in total. The molecule has 0 radical (unpaired) electrons. The lowest BCUT2D eigenvalue weighted by Crippen LogP contribution is -2.31. The predicted octanol–water partition coefficient (Wildman–Crippen LogP) is 2.27. The van der Waals surface area contributed by atoms with Crippen molar-refractivity contribution in [2.75, 3.05) is 5.75 Å². The van der Waals surface area contributed by atoms with E-state index >= 15 is 0 Å². The van der Waals surface area contributed by atoms with Crippen molar-refractivity contribution in [1.82, 2.24) is 5.32 Å². The number of nitrogens with one attached hydrogen (secondary N) is 1. The molecule has 4 atom stereocenters. The minimum atomic E-state index is 0.826. The van der Waals surface area contributed by atoms with Crippen molar-refractivity contribution < 1.29 is 0 Å². The van der Waals surface area contributed by atoms with Gasteiger partial charge in [-0.05, 0) is 18.8 Å². The van der Waals surface area contributed by atoms with Crippen LogP contribution < -0.4 is 5.32 Å². The van der Waals surface area contributed by atoms with Crippen molar-refractivity contribution in [2.45, 2.75) is 50.4 Å². The highest BCUT2D eigenvalue weighted by molar-refractivity contribution is 8.00. The van der Waals surface area contributed by atoms with Gasteiger partial charge in [-0.25, -0.2) is 0 Å². The second kappa shape index (κ2) is 3.59. The first kappa shape index (κ1) is 8.89. The summed E-state index contributed by atoms with van der Waals surface area (Å²) in [7, 11) is 0. The van der Waals surface area contributed by atoms with Crippen LogP contribution in [0.4, 0.5) is 0 Å². The normalized spacial score (nSPS) is 46.5. The van der Waals surface area contributed by atoms with Gasteiger partial charge in [0, 0.05) is 23.1 Å². The van der Waals surface area contributed by atoms with E-state index in [4.69, 9.17) is 0 Å². The van der Waals surface area contributed by atoms with E-state index in [-0.39, 0.29) is 0 Å². The van der Waals surface area contributed by atoms with E-state index in [1.54, 1.807) is 0 Å². The van der Waals surface area contributed by atoms with Gasteiger partial charge in [-0.3, -0.25) is 0 Å². The molecule has 2 heteroatoms. The summed E-state index contributed by atoms with van der Waals surface area (Å²) in [6.45, 7) is 4.65. The van der Waals surface area contributed by atoms with Crippen LogP contribution in [0.2, 0.25) is 0 Å². The minimum Gasteiger partial charge on any atom is -0.310 e. The van der Waals surface area contributed by atoms with Crippen molar-refractivity contribution in [1.29, 1.82) is 0 Å². The van der Waals surface area contributed by atoms with Gasteiger partial charge < -0.3 is 5.32 Å². The summed E-state index contributed by atoms with van der Waals surface area (Å²) >= 11 is 2.12. The SMILES string of the molecule is CCC1CC1NC1CSC(C)C1. The van der Waals surface area contributed by atoms with Gasteiger partial charge in [0.15, 0.2) is 0 Å². The van der Waals surface area contributed by atoms with E-state index in [9.17, 15) is 0 Å². The van der Waals surface area contributed by atoms with Crippen molar-refractivity contribution >= 4 is 11.8 Å². The van der Waals surface area contributed by atoms with Crippen LogP contribution in [0.15, 0.2) is 0 Å². The van der Waals surface area contributed by atoms with Gasteiger partial charge in [-0.2, -0.15) is 11.8 Å². The summed E-state index contributed by atoms with van der Waals surface area (Å²) in [6.07, 6.45) is 4.19. The van der Waals surface area contributed by atoms with Crippen LogP contribution in [-0.2, 0) is 0 Å². The number of thioether (sulfide) groups is 1. The van der Waals surface area contributed by atoms with Gasteiger partial charge in [-0.15, -0.1) is 0 Å². The number of hydrogen-bond donors (Lipinski definition) is 1. The standard InChI is InChI=1S/C10H19NS/c1-3-8-5-10(8)11-9-4-7(2)12-6-9/h7-11H,3-6H2,1-2H3. The Morgan fingerprint density at radius 3 is 2.75 bits per heavy atom. The first-order chi connectivity index (χ1) is 5.79. The third-order valence-electron chi connectivity index (χ3n) is 3.10. The van der Waals surface area contributed by atoms with Crippen LogP contribution in [0.1, 0.15) is 33.1 Å². The summed E-state index contributed by atoms with van der Waals surface area (Å²) in [5, 5.41) is 4.65. The maximum Gasteiger partial charge on any atom is 0.0171 e. The highest BCUT2D eigenvalue weighted by Gasteiger charge is 2.37. The first-order valence-corrected chi connectivity index (χ1v) is 6.22. The van der Waals surface area contributed by atoms with Crippen LogP contribution in [0.25, 0.3) is 0 Å². The molecule has 1 nitrogen and oxygen atoms in total. The zero-order valence-corrected chi connectivity index (χ0v) is 8.86. The summed E-state index contributed by atoms with van der Waals surface area (Å²) in [6, 6.07) is 1.71. The molecule has 0 aromatic rings. The van der Waals surface area contributed by atoms with Crippen LogP contribution >= 0.6 is 11.8 Å². The minimum absolute atomic E-state index is 0.826. The molecule has 1 saturated heterocycles. The second-order valence-corrected chi connectivity index (χ2v) is 5.73. The van der Waals surface area contributed by atoms with Gasteiger partial charge >= 0.3 is 0 Å². The van der Waals surface area contributed by atoms with Gasteiger partial charge in [0.2, 0.25) is 0 Å². The Hall–Kier alpha value is 0.310. The lowest BCUT2D eigenvalue weighted by molar-refractivity contribution is 0.513. The molecule has 0 aromatic heterocycles. The van der Waals surface area contributed by atoms with Crippen molar-refractivity contribution in [3.05, 3.63) is 0 Å². The van der Waals surface area contributed by atoms with Gasteiger partial charge in [-0.1, -0.05) is 20.3 Å². The maximum absolute atomic E-state index is 3.76. The van der Waals surface area contributed by atoms with Crippen LogP contribution in [-0.4, -0.2) is 23.1 Å². The molecule has 70 valence electrons. The van der Waals surface area contributed by atoms with Gasteiger partial charge in [0.05, 0.1) is 0 Å². The lowest BCUT2D eigenvalue weighted by atomic mass is 10.2. The Morgan fingerprint density at radius 1 is 1.42 bits per heavy atom. The second-order valence-electron chi connectivity index (χ2n) is 4.25. The summed E-state index contributed by atoms with van der Waals surface area (Å²) in [5.74, 6) is 2.35. The molecule has 2 aliphatic rings. The molecule has 4 unspecified atom stereocenters. The molecule has 1 aliphatic heterocycles. The fourth-order valence-corrected chi connectivity index (χ4v) is 3.30. The zero-order valence-electron chi connectivity index (χ0n) is 8.05. The molecular weight excluding hydrogens is 166 g/mol. The van der Waals surface area contributed by atoms with E-state index in [0.29, 0.717) is 0 Å². The van der Waals surface area contributed by atoms with Crippen LogP contribution in [0, 0.1) is 5.92 Å². The van der Waals surface area contributed by atoms with E-state index in [1.165, 1.54) is 25.0 Å². The first-order valence-electron chi connectivity index (χ1n) is 5.17. The van der Waals surface area contributed by atoms with E-state index in [1.807, 2.05) is 0 Å². The Morgan fingerprint density at radius 2 is 2.25 bits per heavy atom. The largest absolute Gasteiger partial charge is 0.310 e. The molecule has 0 amide bonds. The highest BCUT2D eigenvalue weighted by Crippen LogP contribution is 2.35. The molecule has 0 aromatic carbocycles. The predicted molar refractivity (Wildman–Crippen MR) is 55.6 cm³/mol. The number of rotatable bonds is 3. The summed E-state index contributed by atoms with van der Waals surface area (Å²) < 4.78 is 0. The molecule has 2 rings (SSSR count). The zero-order chi connectivity index (χ0) is 8.55. The summed E-state index contributed by atoms with van der Waals surface area (Å²) in [4.78, 5) is 0. The molecule has 1 aliphatic carbocycles. The Kier molecular flexibility index (Phi) is 2.66. The Balaban J connectivity index is 1.68. The fraction of sp³-hybridized carbons (Fsp3) is 1.00. The van der Waals surface area contributed by atoms with E-state index in [0.717, 1.165) is 23.3 Å². The van der Waals surface area contributed by atoms with Crippen LogP contribution in [0.3, 0.4) is 0 Å². The van der Waals surface area contributed by atoms with Gasteiger partial charge in [0.1, 0.15) is 0 Å². The topological polar surface area (TPSA) is 12.0 Å².